The highest BCUT2D eigenvalue weighted by Crippen LogP contribution is 2.58. The lowest BCUT2D eigenvalue weighted by Crippen LogP contribution is -2.49. The van der Waals surface area contributed by atoms with E-state index in [1.165, 1.54) is 29.2 Å². The van der Waals surface area contributed by atoms with Crippen LogP contribution < -0.4 is 0 Å². The van der Waals surface area contributed by atoms with Crippen LogP contribution in [0.5, 0.6) is 0 Å². The molecule has 1 heterocycles. The third kappa shape index (κ3) is 2.23. The lowest BCUT2D eigenvalue weighted by molar-refractivity contribution is -0.180. The van der Waals surface area contributed by atoms with Gasteiger partial charge in [0, 0.05) is 19.0 Å². The summed E-state index contributed by atoms with van der Waals surface area (Å²) in [5.74, 6) is 1.10. The monoisotopic (exact) mass is 323 g/mol. The third-order valence-corrected chi connectivity index (χ3v) is 6.63. The molecule has 0 aromatic heterocycles. The Morgan fingerprint density at radius 1 is 0.958 bits per heavy atom. The van der Waals surface area contributed by atoms with Crippen molar-refractivity contribution in [1.29, 1.82) is 0 Å². The van der Waals surface area contributed by atoms with E-state index in [1.807, 2.05) is 0 Å². The summed E-state index contributed by atoms with van der Waals surface area (Å²) in [5, 5.41) is 4.90. The quantitative estimate of drug-likeness (QED) is 0.698. The van der Waals surface area contributed by atoms with Gasteiger partial charge in [0.25, 0.3) is 0 Å². The molecule has 2 heteroatoms. The molecular weight excluding hydrogens is 294 g/mol. The smallest absolute Gasteiger partial charge is 0.0892 e. The highest BCUT2D eigenvalue weighted by molar-refractivity contribution is 5.86. The maximum Gasteiger partial charge on any atom is 0.0892 e. The Hall–Kier alpha value is -1.38. The van der Waals surface area contributed by atoms with Crippen LogP contribution in [0, 0.1) is 11.3 Å². The van der Waals surface area contributed by atoms with Gasteiger partial charge < -0.3 is 0 Å². The lowest BCUT2D eigenvalue weighted by Gasteiger charge is -2.50. The maximum absolute atomic E-state index is 6.24. The molecule has 1 aliphatic heterocycles. The summed E-state index contributed by atoms with van der Waals surface area (Å²) < 4.78 is 0. The molecule has 0 N–H and O–H groups in total. The van der Waals surface area contributed by atoms with Crippen molar-refractivity contribution in [2.24, 2.45) is 11.3 Å². The Bertz CT molecular complexity index is 758. The molecule has 0 bridgehead atoms. The molecule has 1 saturated heterocycles. The van der Waals surface area contributed by atoms with E-state index in [1.54, 1.807) is 0 Å². The van der Waals surface area contributed by atoms with Gasteiger partial charge in [0.2, 0.25) is 0 Å². The molecule has 1 saturated carbocycles. The molecule has 2 aromatic rings. The molecule has 0 amide bonds. The van der Waals surface area contributed by atoms with E-state index in [0.717, 1.165) is 0 Å². The van der Waals surface area contributed by atoms with E-state index >= 15 is 0 Å². The fourth-order valence-electron chi connectivity index (χ4n) is 5.95. The molecule has 4 rings (SSSR count). The summed E-state index contributed by atoms with van der Waals surface area (Å²) in [5.41, 5.74) is 1.61. The van der Waals surface area contributed by atoms with Crippen LogP contribution in [0.25, 0.3) is 10.8 Å². The van der Waals surface area contributed by atoms with Crippen molar-refractivity contribution in [3.63, 3.8) is 0 Å². The van der Waals surface area contributed by atoms with Crippen molar-refractivity contribution in [1.82, 2.24) is 5.06 Å². The van der Waals surface area contributed by atoms with E-state index in [-0.39, 0.29) is 11.0 Å². The molecule has 1 aliphatic carbocycles. The highest BCUT2D eigenvalue weighted by Gasteiger charge is 2.58. The molecule has 3 atom stereocenters. The van der Waals surface area contributed by atoms with Gasteiger partial charge in [0.05, 0.1) is 5.60 Å². The second-order valence-corrected chi connectivity index (χ2v) is 8.81. The number of fused-ring (bicyclic) bond motifs is 2. The Morgan fingerprint density at radius 3 is 2.46 bits per heavy atom. The van der Waals surface area contributed by atoms with Gasteiger partial charge in [0.1, 0.15) is 0 Å². The summed E-state index contributed by atoms with van der Waals surface area (Å²) >= 11 is 0. The molecule has 128 valence electrons. The van der Waals surface area contributed by atoms with Gasteiger partial charge in [-0.25, -0.2) is 0 Å². The maximum atomic E-state index is 6.24. The zero-order valence-corrected chi connectivity index (χ0v) is 15.5. The van der Waals surface area contributed by atoms with Crippen molar-refractivity contribution < 1.29 is 4.84 Å². The van der Waals surface area contributed by atoms with Crippen molar-refractivity contribution in [2.45, 2.75) is 58.1 Å². The van der Waals surface area contributed by atoms with Crippen LogP contribution in [0.2, 0.25) is 0 Å². The Balaban J connectivity index is 1.82. The van der Waals surface area contributed by atoms with Crippen LogP contribution in [-0.4, -0.2) is 23.8 Å². The van der Waals surface area contributed by atoms with Gasteiger partial charge in [-0.15, -0.1) is 0 Å². The third-order valence-electron chi connectivity index (χ3n) is 6.63. The van der Waals surface area contributed by atoms with Crippen LogP contribution in [0.1, 0.15) is 52.0 Å². The minimum atomic E-state index is -0.105. The molecule has 24 heavy (non-hydrogen) atoms. The first-order valence-corrected chi connectivity index (χ1v) is 9.22. The Morgan fingerprint density at radius 2 is 1.67 bits per heavy atom. The van der Waals surface area contributed by atoms with Gasteiger partial charge >= 0.3 is 0 Å². The first-order chi connectivity index (χ1) is 11.3. The van der Waals surface area contributed by atoms with E-state index in [0.29, 0.717) is 17.9 Å². The zero-order chi connectivity index (χ0) is 17.1. The molecule has 2 nitrogen and oxygen atoms in total. The van der Waals surface area contributed by atoms with Crippen LogP contribution in [0.15, 0.2) is 42.5 Å². The first-order valence-electron chi connectivity index (χ1n) is 9.22. The summed E-state index contributed by atoms with van der Waals surface area (Å²) in [7, 11) is 2.11. The van der Waals surface area contributed by atoms with Gasteiger partial charge in [-0.1, -0.05) is 56.3 Å². The number of benzene rings is 2. The van der Waals surface area contributed by atoms with Gasteiger partial charge in [-0.2, -0.15) is 5.06 Å². The van der Waals surface area contributed by atoms with Gasteiger partial charge in [-0.3, -0.25) is 4.84 Å². The van der Waals surface area contributed by atoms with E-state index < -0.39 is 0 Å². The van der Waals surface area contributed by atoms with E-state index in [2.05, 4.69) is 82.3 Å². The molecule has 2 aromatic carbocycles. The van der Waals surface area contributed by atoms with Crippen molar-refractivity contribution in [3.05, 3.63) is 48.0 Å². The second-order valence-electron chi connectivity index (χ2n) is 8.81. The lowest BCUT2D eigenvalue weighted by atomic mass is 9.55. The number of nitrogens with zero attached hydrogens (tertiary/aromatic N) is 1. The van der Waals surface area contributed by atoms with Gasteiger partial charge in [-0.05, 0) is 54.4 Å². The summed E-state index contributed by atoms with van der Waals surface area (Å²) in [6, 6.07) is 16.2. The number of hydroxylamine groups is 2. The fourth-order valence-corrected chi connectivity index (χ4v) is 5.95. The second kappa shape index (κ2) is 5.31. The van der Waals surface area contributed by atoms with E-state index in [9.17, 15) is 0 Å². The van der Waals surface area contributed by atoms with Crippen molar-refractivity contribution >= 4 is 10.8 Å². The summed E-state index contributed by atoms with van der Waals surface area (Å²) in [6.07, 6.45) is 2.44. The van der Waals surface area contributed by atoms with Crippen LogP contribution in [-0.2, 0) is 4.84 Å². The minimum absolute atomic E-state index is 0.105. The Kier molecular flexibility index (Phi) is 3.56. The molecule has 3 unspecified atom stereocenters. The summed E-state index contributed by atoms with van der Waals surface area (Å²) in [6.45, 7) is 9.45. The predicted octanol–water partition coefficient (Wildman–Crippen LogP) is 5.38. The minimum Gasteiger partial charge on any atom is -0.293 e. The highest BCUT2D eigenvalue weighted by atomic mass is 16.7. The average Bonchev–Trinajstić information content (AvgIpc) is 2.77. The molecule has 0 radical (unpaired) electrons. The molecule has 2 fully saturated rings. The molecule has 0 spiro atoms. The molecule has 2 aliphatic rings. The SMILES string of the molecule is CN1OC(C)(C)C2C1CCC(c1cccc3ccccc13)C2(C)C. The number of hydrogen-bond donors (Lipinski definition) is 0. The normalized spacial score (nSPS) is 32.0. The number of hydrogen-bond acceptors (Lipinski definition) is 2. The van der Waals surface area contributed by atoms with Crippen molar-refractivity contribution in [2.75, 3.05) is 7.05 Å². The first kappa shape index (κ1) is 16.1. The molecular formula is C22H29NO. The topological polar surface area (TPSA) is 12.5 Å². The average molecular weight is 323 g/mol. The Labute approximate surface area is 145 Å². The number of rotatable bonds is 1. The van der Waals surface area contributed by atoms with E-state index in [4.69, 9.17) is 4.84 Å². The van der Waals surface area contributed by atoms with Gasteiger partial charge in [0.15, 0.2) is 0 Å². The fraction of sp³-hybridized carbons (Fsp3) is 0.545. The predicted molar refractivity (Wildman–Crippen MR) is 99.9 cm³/mol. The van der Waals surface area contributed by atoms with Crippen LogP contribution in [0.4, 0.5) is 0 Å². The summed E-state index contributed by atoms with van der Waals surface area (Å²) in [4.78, 5) is 6.24. The van der Waals surface area contributed by atoms with Crippen LogP contribution in [0.3, 0.4) is 0 Å². The van der Waals surface area contributed by atoms with Crippen LogP contribution >= 0.6 is 0 Å². The van der Waals surface area contributed by atoms with Crippen molar-refractivity contribution in [3.8, 4) is 0 Å². The largest absolute Gasteiger partial charge is 0.293 e. The zero-order valence-electron chi connectivity index (χ0n) is 15.5. The standard InChI is InChI=1S/C22H29NO/c1-21(2)18(13-14-19-20(21)22(3,4)24-23(19)5)17-12-8-10-15-9-6-7-11-16(15)17/h6-12,18-20H,13-14H2,1-5H3.